The SMILES string of the molecule is CCC(C)N(CCOC)c1ccc(CNC(C)C)cc1F. The molecule has 0 saturated carbocycles. The van der Waals surface area contributed by atoms with Crippen molar-refractivity contribution < 1.29 is 9.13 Å². The molecule has 0 aliphatic rings. The molecule has 21 heavy (non-hydrogen) atoms. The molecule has 4 heteroatoms. The van der Waals surface area contributed by atoms with Crippen LogP contribution in [0.15, 0.2) is 18.2 Å². The smallest absolute Gasteiger partial charge is 0.146 e. The number of rotatable bonds is 9. The zero-order valence-electron chi connectivity index (χ0n) is 13.9. The van der Waals surface area contributed by atoms with Crippen molar-refractivity contribution in [3.8, 4) is 0 Å². The van der Waals surface area contributed by atoms with Crippen molar-refractivity contribution in [2.24, 2.45) is 0 Å². The molecular formula is C17H29FN2O. The number of hydrogen-bond acceptors (Lipinski definition) is 3. The standard InChI is InChI=1S/C17H29FN2O/c1-6-14(4)20(9-10-21-5)17-8-7-15(11-16(17)18)12-19-13(2)3/h7-8,11,13-14,19H,6,9-10,12H2,1-5H3. The first kappa shape index (κ1) is 17.9. The molecule has 0 heterocycles. The Bertz CT molecular complexity index is 423. The molecule has 0 aliphatic heterocycles. The highest BCUT2D eigenvalue weighted by atomic mass is 19.1. The lowest BCUT2D eigenvalue weighted by Crippen LogP contribution is -2.36. The second kappa shape index (κ2) is 9.00. The van der Waals surface area contributed by atoms with Crippen molar-refractivity contribution in [3.63, 3.8) is 0 Å². The molecule has 1 N–H and O–H groups in total. The van der Waals surface area contributed by atoms with Crippen LogP contribution in [-0.4, -0.2) is 32.3 Å². The maximum Gasteiger partial charge on any atom is 0.146 e. The molecule has 0 aromatic heterocycles. The van der Waals surface area contributed by atoms with E-state index in [1.165, 1.54) is 0 Å². The Hall–Kier alpha value is -1.13. The predicted molar refractivity (Wildman–Crippen MR) is 87.4 cm³/mol. The Kier molecular flexibility index (Phi) is 7.68. The second-order valence-electron chi connectivity index (χ2n) is 5.76. The number of nitrogens with one attached hydrogen (secondary N) is 1. The molecule has 1 unspecified atom stereocenters. The van der Waals surface area contributed by atoms with Gasteiger partial charge in [-0.3, -0.25) is 0 Å². The van der Waals surface area contributed by atoms with Crippen LogP contribution in [0.1, 0.15) is 39.7 Å². The summed E-state index contributed by atoms with van der Waals surface area (Å²) in [7, 11) is 1.67. The predicted octanol–water partition coefficient (Wildman–Crippen LogP) is 3.58. The average Bonchev–Trinajstić information content (AvgIpc) is 2.46. The van der Waals surface area contributed by atoms with E-state index in [1.807, 2.05) is 12.1 Å². The topological polar surface area (TPSA) is 24.5 Å². The number of nitrogens with zero attached hydrogens (tertiary/aromatic N) is 1. The maximum atomic E-state index is 14.4. The molecule has 1 atom stereocenters. The van der Waals surface area contributed by atoms with Crippen LogP contribution in [0, 0.1) is 5.82 Å². The lowest BCUT2D eigenvalue weighted by molar-refractivity contribution is 0.203. The summed E-state index contributed by atoms with van der Waals surface area (Å²) in [4.78, 5) is 2.08. The Morgan fingerprint density at radius 3 is 2.52 bits per heavy atom. The van der Waals surface area contributed by atoms with Gasteiger partial charge in [-0.15, -0.1) is 0 Å². The lowest BCUT2D eigenvalue weighted by Gasteiger charge is -2.31. The van der Waals surface area contributed by atoms with Crippen LogP contribution in [0.4, 0.5) is 10.1 Å². The molecule has 0 aliphatic carbocycles. The van der Waals surface area contributed by atoms with E-state index in [-0.39, 0.29) is 11.9 Å². The van der Waals surface area contributed by atoms with Crippen molar-refractivity contribution in [3.05, 3.63) is 29.6 Å². The summed E-state index contributed by atoms with van der Waals surface area (Å²) >= 11 is 0. The molecule has 1 rings (SSSR count). The van der Waals surface area contributed by atoms with Crippen molar-refractivity contribution in [1.29, 1.82) is 0 Å². The molecule has 0 amide bonds. The van der Waals surface area contributed by atoms with Crippen LogP contribution in [0.2, 0.25) is 0 Å². The van der Waals surface area contributed by atoms with Gasteiger partial charge in [0.2, 0.25) is 0 Å². The average molecular weight is 296 g/mol. The van der Waals surface area contributed by atoms with E-state index in [0.717, 1.165) is 12.0 Å². The molecule has 0 saturated heterocycles. The van der Waals surface area contributed by atoms with Gasteiger partial charge in [-0.25, -0.2) is 4.39 Å². The fourth-order valence-corrected chi connectivity index (χ4v) is 2.20. The van der Waals surface area contributed by atoms with Gasteiger partial charge >= 0.3 is 0 Å². The maximum absolute atomic E-state index is 14.4. The fourth-order valence-electron chi connectivity index (χ4n) is 2.20. The number of hydrogen-bond donors (Lipinski definition) is 1. The summed E-state index contributed by atoms with van der Waals surface area (Å²) in [6.45, 7) is 10.4. The minimum atomic E-state index is -0.158. The van der Waals surface area contributed by atoms with Crippen molar-refractivity contribution >= 4 is 5.69 Å². The van der Waals surface area contributed by atoms with Gasteiger partial charge in [0.05, 0.1) is 12.3 Å². The third kappa shape index (κ3) is 5.64. The first-order valence-corrected chi connectivity index (χ1v) is 7.77. The van der Waals surface area contributed by atoms with Gasteiger partial charge in [0, 0.05) is 32.3 Å². The van der Waals surface area contributed by atoms with E-state index in [9.17, 15) is 4.39 Å². The summed E-state index contributed by atoms with van der Waals surface area (Å²) in [5.41, 5.74) is 1.63. The number of ether oxygens (including phenoxy) is 1. The summed E-state index contributed by atoms with van der Waals surface area (Å²) in [6.07, 6.45) is 0.972. The van der Waals surface area contributed by atoms with Crippen molar-refractivity contribution in [1.82, 2.24) is 5.32 Å². The zero-order chi connectivity index (χ0) is 15.8. The van der Waals surface area contributed by atoms with Gasteiger partial charge in [0.1, 0.15) is 5.82 Å². The van der Waals surface area contributed by atoms with Gasteiger partial charge in [0.15, 0.2) is 0 Å². The van der Waals surface area contributed by atoms with Crippen LogP contribution in [0.5, 0.6) is 0 Å². The number of benzene rings is 1. The molecule has 3 nitrogen and oxygen atoms in total. The van der Waals surface area contributed by atoms with Gasteiger partial charge in [-0.05, 0) is 31.0 Å². The van der Waals surface area contributed by atoms with Crippen LogP contribution >= 0.6 is 0 Å². The Morgan fingerprint density at radius 2 is 2.00 bits per heavy atom. The summed E-state index contributed by atoms with van der Waals surface area (Å²) < 4.78 is 19.6. The molecule has 0 bridgehead atoms. The number of anilines is 1. The van der Waals surface area contributed by atoms with E-state index in [0.29, 0.717) is 31.4 Å². The molecule has 0 radical (unpaired) electrons. The first-order chi connectivity index (χ1) is 9.99. The van der Waals surface area contributed by atoms with Crippen LogP contribution in [0.3, 0.4) is 0 Å². The number of halogens is 1. The third-order valence-corrected chi connectivity index (χ3v) is 3.70. The highest BCUT2D eigenvalue weighted by Gasteiger charge is 2.16. The molecule has 0 spiro atoms. The van der Waals surface area contributed by atoms with Gasteiger partial charge < -0.3 is 15.0 Å². The Labute approximate surface area is 128 Å². The van der Waals surface area contributed by atoms with Gasteiger partial charge in [0.25, 0.3) is 0 Å². The van der Waals surface area contributed by atoms with Crippen molar-refractivity contribution in [2.45, 2.75) is 52.7 Å². The number of methoxy groups -OCH3 is 1. The Morgan fingerprint density at radius 1 is 1.29 bits per heavy atom. The Balaban J connectivity index is 2.88. The molecular weight excluding hydrogens is 267 g/mol. The van der Waals surface area contributed by atoms with Crippen LogP contribution in [0.25, 0.3) is 0 Å². The molecule has 1 aromatic rings. The molecule has 120 valence electrons. The van der Waals surface area contributed by atoms with Crippen molar-refractivity contribution in [2.75, 3.05) is 25.2 Å². The minimum absolute atomic E-state index is 0.158. The third-order valence-electron chi connectivity index (χ3n) is 3.70. The van der Waals surface area contributed by atoms with E-state index in [1.54, 1.807) is 13.2 Å². The van der Waals surface area contributed by atoms with E-state index in [4.69, 9.17) is 4.74 Å². The van der Waals surface area contributed by atoms with E-state index < -0.39 is 0 Å². The molecule has 0 fully saturated rings. The molecule has 1 aromatic carbocycles. The fraction of sp³-hybridized carbons (Fsp3) is 0.647. The first-order valence-electron chi connectivity index (χ1n) is 7.77. The van der Waals surface area contributed by atoms with Crippen LogP contribution < -0.4 is 10.2 Å². The van der Waals surface area contributed by atoms with Gasteiger partial charge in [-0.1, -0.05) is 26.8 Å². The lowest BCUT2D eigenvalue weighted by atomic mass is 10.1. The van der Waals surface area contributed by atoms with E-state index >= 15 is 0 Å². The second-order valence-corrected chi connectivity index (χ2v) is 5.76. The highest BCUT2D eigenvalue weighted by Crippen LogP contribution is 2.23. The normalized spacial score (nSPS) is 12.7. The zero-order valence-corrected chi connectivity index (χ0v) is 13.9. The van der Waals surface area contributed by atoms with Crippen LogP contribution in [-0.2, 0) is 11.3 Å². The summed E-state index contributed by atoms with van der Waals surface area (Å²) in [6, 6.07) is 6.19. The van der Waals surface area contributed by atoms with Gasteiger partial charge in [-0.2, -0.15) is 0 Å². The monoisotopic (exact) mass is 296 g/mol. The van der Waals surface area contributed by atoms with E-state index in [2.05, 4.69) is 37.9 Å². The summed E-state index contributed by atoms with van der Waals surface area (Å²) in [5, 5.41) is 3.31. The summed E-state index contributed by atoms with van der Waals surface area (Å²) in [5.74, 6) is -0.158. The quantitative estimate of drug-likeness (QED) is 0.754. The highest BCUT2D eigenvalue weighted by molar-refractivity contribution is 5.50. The largest absolute Gasteiger partial charge is 0.383 e. The minimum Gasteiger partial charge on any atom is -0.383 e.